The average Bonchev–Trinajstić information content (AvgIpc) is 3.17. The van der Waals surface area contributed by atoms with Crippen molar-refractivity contribution in [3.8, 4) is 11.5 Å². The van der Waals surface area contributed by atoms with Crippen molar-refractivity contribution in [3.63, 3.8) is 0 Å². The van der Waals surface area contributed by atoms with E-state index in [-0.39, 0.29) is 12.6 Å². The third-order valence-corrected chi connectivity index (χ3v) is 4.74. The minimum atomic E-state index is -0.0150. The highest BCUT2D eigenvalue weighted by molar-refractivity contribution is 6.10. The summed E-state index contributed by atoms with van der Waals surface area (Å²) in [7, 11) is 0. The molecule has 1 heterocycles. The summed E-state index contributed by atoms with van der Waals surface area (Å²) in [4.78, 5) is 13.0. The Morgan fingerprint density at radius 3 is 2.61 bits per heavy atom. The first-order valence-electron chi connectivity index (χ1n) is 9.16. The van der Waals surface area contributed by atoms with E-state index in [9.17, 15) is 4.79 Å². The monoisotopic (exact) mass is 371 g/mol. The third-order valence-electron chi connectivity index (χ3n) is 4.74. The second kappa shape index (κ2) is 7.61. The summed E-state index contributed by atoms with van der Waals surface area (Å²) in [6.07, 6.45) is 4.68. The van der Waals surface area contributed by atoms with Crippen LogP contribution in [-0.4, -0.2) is 12.6 Å². The Kier molecular flexibility index (Phi) is 4.85. The smallest absolute Gasteiger partial charge is 0.231 e. The molecule has 4 nitrogen and oxygen atoms in total. The second-order valence-electron chi connectivity index (χ2n) is 6.83. The minimum absolute atomic E-state index is 0.0150. The summed E-state index contributed by atoms with van der Waals surface area (Å²) < 4.78 is 10.7. The number of rotatable bonds is 5. The number of benzene rings is 3. The zero-order valence-electron chi connectivity index (χ0n) is 15.6. The predicted molar refractivity (Wildman–Crippen MR) is 111 cm³/mol. The molecule has 3 aromatic rings. The van der Waals surface area contributed by atoms with Gasteiger partial charge < -0.3 is 15.2 Å². The van der Waals surface area contributed by atoms with Gasteiger partial charge in [0.15, 0.2) is 17.3 Å². The summed E-state index contributed by atoms with van der Waals surface area (Å²) in [5, 5.41) is 0. The van der Waals surface area contributed by atoms with Crippen LogP contribution in [0.4, 0.5) is 5.69 Å². The fourth-order valence-corrected chi connectivity index (χ4v) is 3.18. The Morgan fingerprint density at radius 1 is 1.00 bits per heavy atom. The fraction of sp³-hybridized carbons (Fsp3) is 0.125. The van der Waals surface area contributed by atoms with Gasteiger partial charge in [0.25, 0.3) is 0 Å². The number of ketones is 1. The van der Waals surface area contributed by atoms with Gasteiger partial charge in [0, 0.05) is 16.8 Å². The van der Waals surface area contributed by atoms with Crippen molar-refractivity contribution in [1.29, 1.82) is 0 Å². The zero-order valence-corrected chi connectivity index (χ0v) is 15.6. The maximum atomic E-state index is 13.0. The highest BCUT2D eigenvalue weighted by Crippen LogP contribution is 2.32. The third kappa shape index (κ3) is 3.76. The molecule has 2 N–H and O–H groups in total. The Hall–Kier alpha value is -3.53. The van der Waals surface area contributed by atoms with E-state index in [1.54, 1.807) is 6.07 Å². The number of hydrogen-bond donors (Lipinski definition) is 1. The maximum absolute atomic E-state index is 13.0. The lowest BCUT2D eigenvalue weighted by Crippen LogP contribution is -2.06. The van der Waals surface area contributed by atoms with E-state index in [4.69, 9.17) is 15.2 Å². The molecule has 1 aliphatic heterocycles. The Bertz CT molecular complexity index is 1050. The van der Waals surface area contributed by atoms with Gasteiger partial charge in [-0.15, -0.1) is 0 Å². The van der Waals surface area contributed by atoms with Crippen LogP contribution in [0.15, 0.2) is 66.7 Å². The molecule has 28 heavy (non-hydrogen) atoms. The van der Waals surface area contributed by atoms with Crippen LogP contribution in [0.2, 0.25) is 0 Å². The predicted octanol–water partition coefficient (Wildman–Crippen LogP) is 4.79. The number of hydrogen-bond acceptors (Lipinski definition) is 4. The van der Waals surface area contributed by atoms with Crippen molar-refractivity contribution in [1.82, 2.24) is 0 Å². The Morgan fingerprint density at radius 2 is 1.79 bits per heavy atom. The molecule has 4 rings (SSSR count). The first-order chi connectivity index (χ1) is 13.6. The number of nitrogens with two attached hydrogens (primary N) is 1. The van der Waals surface area contributed by atoms with Gasteiger partial charge in [0.2, 0.25) is 6.79 Å². The first-order valence-corrected chi connectivity index (χ1v) is 9.16. The highest BCUT2D eigenvalue weighted by Gasteiger charge is 2.14. The first kappa shape index (κ1) is 17.9. The number of aryl methyl sites for hydroxylation is 1. The molecule has 140 valence electrons. The molecule has 0 atom stereocenters. The van der Waals surface area contributed by atoms with Crippen molar-refractivity contribution < 1.29 is 14.3 Å². The van der Waals surface area contributed by atoms with Crippen LogP contribution >= 0.6 is 0 Å². The molecule has 0 spiro atoms. The van der Waals surface area contributed by atoms with Crippen LogP contribution in [-0.2, 0) is 6.42 Å². The van der Waals surface area contributed by atoms with Gasteiger partial charge in [0.05, 0.1) is 0 Å². The molecule has 0 amide bonds. The number of fused-ring (bicyclic) bond motifs is 1. The lowest BCUT2D eigenvalue weighted by atomic mass is 9.95. The second-order valence-corrected chi connectivity index (χ2v) is 6.83. The van der Waals surface area contributed by atoms with Crippen LogP contribution in [0.1, 0.15) is 32.6 Å². The van der Waals surface area contributed by atoms with Crippen LogP contribution in [0, 0.1) is 6.92 Å². The number of nitrogen functional groups attached to an aromatic ring is 1. The molecular weight excluding hydrogens is 350 g/mol. The quantitative estimate of drug-likeness (QED) is 0.517. The van der Waals surface area contributed by atoms with Crippen molar-refractivity contribution in [2.45, 2.75) is 13.3 Å². The van der Waals surface area contributed by atoms with Gasteiger partial charge in [-0.25, -0.2) is 0 Å². The summed E-state index contributed by atoms with van der Waals surface area (Å²) in [6.45, 7) is 2.26. The van der Waals surface area contributed by atoms with Crippen LogP contribution in [0.3, 0.4) is 0 Å². The van der Waals surface area contributed by atoms with Gasteiger partial charge in [-0.2, -0.15) is 0 Å². The van der Waals surface area contributed by atoms with Crippen molar-refractivity contribution in [2.24, 2.45) is 0 Å². The van der Waals surface area contributed by atoms with Crippen LogP contribution in [0.25, 0.3) is 6.08 Å². The van der Waals surface area contributed by atoms with Crippen LogP contribution in [0.5, 0.6) is 11.5 Å². The van der Waals surface area contributed by atoms with Gasteiger partial charge in [-0.3, -0.25) is 4.79 Å². The number of carbonyl (C=O) groups excluding carboxylic acids is 1. The van der Waals surface area contributed by atoms with Gasteiger partial charge >= 0.3 is 0 Å². The SMILES string of the molecule is Cc1ccc(C(=O)c2cc(N)ccc2C/C=C/c2ccc3c(c2)OCO3)cc1. The standard InChI is InChI=1S/C24H21NO3/c1-16-5-8-19(9-6-16)24(26)21-14-20(25)11-10-18(21)4-2-3-17-7-12-22-23(13-17)28-15-27-22/h2-3,5-14H,4,15,25H2,1H3/b3-2+. The Labute approximate surface area is 164 Å². The lowest BCUT2D eigenvalue weighted by molar-refractivity contribution is 0.103. The number of ether oxygens (including phenoxy) is 2. The highest BCUT2D eigenvalue weighted by atomic mass is 16.7. The molecule has 0 saturated heterocycles. The zero-order chi connectivity index (χ0) is 19.5. The molecule has 0 bridgehead atoms. The van der Waals surface area contributed by atoms with E-state index in [0.29, 0.717) is 23.2 Å². The van der Waals surface area contributed by atoms with E-state index >= 15 is 0 Å². The van der Waals surface area contributed by atoms with E-state index < -0.39 is 0 Å². The van der Waals surface area contributed by atoms with E-state index in [2.05, 4.69) is 0 Å². The molecule has 0 aliphatic carbocycles. The molecule has 0 saturated carbocycles. The number of anilines is 1. The van der Waals surface area contributed by atoms with Gasteiger partial charge in [-0.05, 0) is 48.7 Å². The molecule has 3 aromatic carbocycles. The van der Waals surface area contributed by atoms with Crippen LogP contribution < -0.4 is 15.2 Å². The van der Waals surface area contributed by atoms with Crippen molar-refractivity contribution >= 4 is 17.5 Å². The number of allylic oxidation sites excluding steroid dienone is 1. The molecule has 0 fully saturated rings. The lowest BCUT2D eigenvalue weighted by Gasteiger charge is -2.09. The largest absolute Gasteiger partial charge is 0.454 e. The number of carbonyl (C=O) groups is 1. The molecular formula is C24H21NO3. The minimum Gasteiger partial charge on any atom is -0.454 e. The fourth-order valence-electron chi connectivity index (χ4n) is 3.18. The average molecular weight is 371 g/mol. The van der Waals surface area contributed by atoms with Gasteiger partial charge in [0.1, 0.15) is 0 Å². The summed E-state index contributed by atoms with van der Waals surface area (Å²) >= 11 is 0. The molecule has 0 radical (unpaired) electrons. The van der Waals surface area contributed by atoms with E-state index in [1.807, 2.05) is 73.7 Å². The van der Waals surface area contributed by atoms with Crippen molar-refractivity contribution in [2.75, 3.05) is 12.5 Å². The van der Waals surface area contributed by atoms with Crippen molar-refractivity contribution in [3.05, 3.63) is 94.6 Å². The molecule has 0 aromatic heterocycles. The van der Waals surface area contributed by atoms with E-state index in [0.717, 1.165) is 28.2 Å². The molecule has 4 heteroatoms. The topological polar surface area (TPSA) is 61.6 Å². The molecule has 1 aliphatic rings. The maximum Gasteiger partial charge on any atom is 0.231 e. The molecule has 0 unspecified atom stereocenters. The van der Waals surface area contributed by atoms with Gasteiger partial charge in [-0.1, -0.05) is 54.1 Å². The Balaban J connectivity index is 1.56. The van der Waals surface area contributed by atoms with E-state index in [1.165, 1.54) is 0 Å². The normalized spacial score (nSPS) is 12.5. The summed E-state index contributed by atoms with van der Waals surface area (Å²) in [5.41, 5.74) is 10.9. The summed E-state index contributed by atoms with van der Waals surface area (Å²) in [6, 6.07) is 18.9. The summed E-state index contributed by atoms with van der Waals surface area (Å²) in [5.74, 6) is 1.50.